The van der Waals surface area contributed by atoms with E-state index in [0.29, 0.717) is 5.69 Å². The third-order valence-corrected chi connectivity index (χ3v) is 5.52. The maximum absolute atomic E-state index is 13.0. The zero-order chi connectivity index (χ0) is 20.9. The van der Waals surface area contributed by atoms with Crippen LogP contribution in [0.3, 0.4) is 0 Å². The van der Waals surface area contributed by atoms with Gasteiger partial charge in [-0.25, -0.2) is 17.5 Å². The SMILES string of the molecule is COc1ccc(C)cc1S(=O)(=O)NCCOc1ccc(-c2ccc(F)cc2)nn1. The molecule has 0 spiro atoms. The lowest BCUT2D eigenvalue weighted by molar-refractivity contribution is 0.307. The average Bonchev–Trinajstić information content (AvgIpc) is 2.72. The van der Waals surface area contributed by atoms with Gasteiger partial charge in [-0.05, 0) is 55.0 Å². The van der Waals surface area contributed by atoms with Crippen molar-refractivity contribution in [1.82, 2.24) is 14.9 Å². The molecule has 3 aromatic rings. The van der Waals surface area contributed by atoms with Gasteiger partial charge in [-0.3, -0.25) is 0 Å². The van der Waals surface area contributed by atoms with Gasteiger partial charge < -0.3 is 9.47 Å². The van der Waals surface area contributed by atoms with E-state index in [2.05, 4.69) is 14.9 Å². The van der Waals surface area contributed by atoms with Crippen LogP contribution in [-0.4, -0.2) is 38.9 Å². The van der Waals surface area contributed by atoms with E-state index in [-0.39, 0.29) is 35.5 Å². The quantitative estimate of drug-likeness (QED) is 0.567. The lowest BCUT2D eigenvalue weighted by Crippen LogP contribution is -2.28. The van der Waals surface area contributed by atoms with E-state index in [1.165, 1.54) is 19.2 Å². The smallest absolute Gasteiger partial charge is 0.244 e. The Labute approximate surface area is 168 Å². The highest BCUT2D eigenvalue weighted by atomic mass is 32.2. The van der Waals surface area contributed by atoms with Gasteiger partial charge in [-0.2, -0.15) is 0 Å². The maximum Gasteiger partial charge on any atom is 0.244 e. The summed E-state index contributed by atoms with van der Waals surface area (Å²) in [6.45, 7) is 1.91. The highest BCUT2D eigenvalue weighted by Gasteiger charge is 2.19. The monoisotopic (exact) mass is 417 g/mol. The molecule has 0 aliphatic carbocycles. The van der Waals surface area contributed by atoms with Crippen molar-refractivity contribution in [3.63, 3.8) is 0 Å². The molecule has 0 amide bonds. The van der Waals surface area contributed by atoms with Crippen LogP contribution in [0.25, 0.3) is 11.3 Å². The number of benzene rings is 2. The van der Waals surface area contributed by atoms with E-state index in [0.717, 1.165) is 11.1 Å². The number of sulfonamides is 1. The Balaban J connectivity index is 1.56. The highest BCUT2D eigenvalue weighted by Crippen LogP contribution is 2.24. The summed E-state index contributed by atoms with van der Waals surface area (Å²) in [7, 11) is -2.33. The van der Waals surface area contributed by atoms with Crippen molar-refractivity contribution in [2.45, 2.75) is 11.8 Å². The Kier molecular flexibility index (Phi) is 6.40. The number of rotatable bonds is 8. The first kappa shape index (κ1) is 20.7. The summed E-state index contributed by atoms with van der Waals surface area (Å²) in [5.74, 6) is 0.196. The summed E-state index contributed by atoms with van der Waals surface area (Å²) in [5, 5.41) is 7.98. The molecule has 1 N–H and O–H groups in total. The van der Waals surface area contributed by atoms with Crippen LogP contribution in [0.1, 0.15) is 5.56 Å². The number of halogens is 1. The van der Waals surface area contributed by atoms with Crippen molar-refractivity contribution in [2.24, 2.45) is 0 Å². The topological polar surface area (TPSA) is 90.4 Å². The minimum atomic E-state index is -3.75. The number of aryl methyl sites for hydroxylation is 1. The molecular weight excluding hydrogens is 397 g/mol. The fourth-order valence-electron chi connectivity index (χ4n) is 2.57. The van der Waals surface area contributed by atoms with Gasteiger partial charge in [0.05, 0.1) is 12.8 Å². The van der Waals surface area contributed by atoms with Crippen LogP contribution in [0.5, 0.6) is 11.6 Å². The molecule has 7 nitrogen and oxygen atoms in total. The van der Waals surface area contributed by atoms with Gasteiger partial charge in [-0.15, -0.1) is 10.2 Å². The molecule has 0 aliphatic heterocycles. The van der Waals surface area contributed by atoms with Crippen LogP contribution in [-0.2, 0) is 10.0 Å². The third kappa shape index (κ3) is 5.27. The van der Waals surface area contributed by atoms with Crippen LogP contribution in [0, 0.1) is 12.7 Å². The Morgan fingerprint density at radius 1 is 1.03 bits per heavy atom. The number of ether oxygens (including phenoxy) is 2. The molecule has 2 aromatic carbocycles. The molecule has 0 fully saturated rings. The number of aromatic nitrogens is 2. The molecule has 0 aliphatic rings. The van der Waals surface area contributed by atoms with Gasteiger partial charge in [0.25, 0.3) is 0 Å². The largest absolute Gasteiger partial charge is 0.495 e. The van der Waals surface area contributed by atoms with Crippen molar-refractivity contribution in [1.29, 1.82) is 0 Å². The predicted molar refractivity (Wildman–Crippen MR) is 106 cm³/mol. The Bertz CT molecular complexity index is 1070. The highest BCUT2D eigenvalue weighted by molar-refractivity contribution is 7.89. The number of hydrogen-bond acceptors (Lipinski definition) is 6. The lowest BCUT2D eigenvalue weighted by Gasteiger charge is -2.12. The second-order valence-corrected chi connectivity index (χ2v) is 7.90. The van der Waals surface area contributed by atoms with E-state index in [4.69, 9.17) is 9.47 Å². The van der Waals surface area contributed by atoms with Crippen LogP contribution >= 0.6 is 0 Å². The standard InChI is InChI=1S/C20H20FN3O4S/c1-14-3-9-18(27-2)19(13-14)29(25,26)22-11-12-28-20-10-8-17(23-24-20)15-4-6-16(21)7-5-15/h3-10,13,22H,11-12H2,1-2H3. The molecule has 0 atom stereocenters. The molecule has 29 heavy (non-hydrogen) atoms. The molecule has 0 saturated heterocycles. The van der Waals surface area contributed by atoms with Gasteiger partial charge in [0.2, 0.25) is 15.9 Å². The number of nitrogens with one attached hydrogen (secondary N) is 1. The van der Waals surface area contributed by atoms with Gasteiger partial charge in [-0.1, -0.05) is 6.07 Å². The van der Waals surface area contributed by atoms with E-state index in [1.807, 2.05) is 0 Å². The predicted octanol–water partition coefficient (Wildman–Crippen LogP) is 2.96. The summed E-state index contributed by atoms with van der Waals surface area (Å²) >= 11 is 0. The summed E-state index contributed by atoms with van der Waals surface area (Å²) in [5.41, 5.74) is 2.11. The summed E-state index contributed by atoms with van der Waals surface area (Å²) < 4.78 is 51.0. The zero-order valence-electron chi connectivity index (χ0n) is 15.9. The van der Waals surface area contributed by atoms with Gasteiger partial charge in [0.1, 0.15) is 23.1 Å². The zero-order valence-corrected chi connectivity index (χ0v) is 16.7. The van der Waals surface area contributed by atoms with E-state index < -0.39 is 10.0 Å². The van der Waals surface area contributed by atoms with Crippen molar-refractivity contribution in [3.05, 3.63) is 66.0 Å². The van der Waals surface area contributed by atoms with Crippen molar-refractivity contribution in [3.8, 4) is 22.9 Å². The van der Waals surface area contributed by atoms with E-state index >= 15 is 0 Å². The van der Waals surface area contributed by atoms with Crippen molar-refractivity contribution >= 4 is 10.0 Å². The van der Waals surface area contributed by atoms with Gasteiger partial charge in [0.15, 0.2) is 0 Å². The van der Waals surface area contributed by atoms with Crippen molar-refractivity contribution in [2.75, 3.05) is 20.3 Å². The van der Waals surface area contributed by atoms with E-state index in [1.54, 1.807) is 49.4 Å². The molecule has 152 valence electrons. The second kappa shape index (κ2) is 8.97. The molecule has 1 heterocycles. The van der Waals surface area contributed by atoms with Crippen LogP contribution < -0.4 is 14.2 Å². The third-order valence-electron chi connectivity index (χ3n) is 4.03. The van der Waals surface area contributed by atoms with Gasteiger partial charge >= 0.3 is 0 Å². The average molecular weight is 417 g/mol. The second-order valence-electron chi connectivity index (χ2n) is 6.16. The summed E-state index contributed by atoms with van der Waals surface area (Å²) in [6, 6.07) is 14.1. The van der Waals surface area contributed by atoms with Crippen LogP contribution in [0.4, 0.5) is 4.39 Å². The molecular formula is C20H20FN3O4S. The summed E-state index contributed by atoms with van der Waals surface area (Å²) in [4.78, 5) is 0.0726. The van der Waals surface area contributed by atoms with Crippen LogP contribution in [0.2, 0.25) is 0 Å². The first-order valence-corrected chi connectivity index (χ1v) is 10.2. The number of methoxy groups -OCH3 is 1. The molecule has 9 heteroatoms. The Morgan fingerprint density at radius 3 is 2.45 bits per heavy atom. The van der Waals surface area contributed by atoms with Crippen LogP contribution in [0.15, 0.2) is 59.5 Å². The fraction of sp³-hybridized carbons (Fsp3) is 0.200. The van der Waals surface area contributed by atoms with E-state index in [9.17, 15) is 12.8 Å². The first-order valence-electron chi connectivity index (χ1n) is 8.76. The number of nitrogens with zero attached hydrogens (tertiary/aromatic N) is 2. The van der Waals surface area contributed by atoms with Crippen molar-refractivity contribution < 1.29 is 22.3 Å². The fourth-order valence-corrected chi connectivity index (χ4v) is 3.84. The minimum absolute atomic E-state index is 0.0425. The number of hydrogen-bond donors (Lipinski definition) is 1. The first-order chi connectivity index (χ1) is 13.9. The molecule has 1 aromatic heterocycles. The Morgan fingerprint density at radius 2 is 1.79 bits per heavy atom. The molecule has 0 saturated carbocycles. The maximum atomic E-state index is 13.0. The summed E-state index contributed by atoms with van der Waals surface area (Å²) in [6.07, 6.45) is 0. The van der Waals surface area contributed by atoms with Gasteiger partial charge in [0, 0.05) is 18.2 Å². The Hall–Kier alpha value is -3.04. The minimum Gasteiger partial charge on any atom is -0.495 e. The lowest BCUT2D eigenvalue weighted by atomic mass is 10.1. The molecule has 0 radical (unpaired) electrons. The molecule has 3 rings (SSSR count). The normalized spacial score (nSPS) is 11.3. The molecule has 0 unspecified atom stereocenters. The molecule has 0 bridgehead atoms.